The predicted octanol–water partition coefficient (Wildman–Crippen LogP) is 7.22. The van der Waals surface area contributed by atoms with Gasteiger partial charge in [0.05, 0.1) is 12.2 Å². The first-order valence-corrected chi connectivity index (χ1v) is 14.0. The second kappa shape index (κ2) is 6.77. The zero-order chi connectivity index (χ0) is 23.5. The molecule has 0 aliphatic heterocycles. The van der Waals surface area contributed by atoms with Crippen molar-refractivity contribution < 1.29 is 10.2 Å². The molecule has 2 N–H and O–H groups in total. The van der Waals surface area contributed by atoms with Crippen molar-refractivity contribution in [1.29, 1.82) is 0 Å². The summed E-state index contributed by atoms with van der Waals surface area (Å²) in [5.41, 5.74) is 2.00. The quantitative estimate of drug-likeness (QED) is 0.414. The van der Waals surface area contributed by atoms with E-state index in [1.54, 1.807) is 0 Å². The average molecular weight is 445 g/mol. The Morgan fingerprint density at radius 1 is 0.625 bits per heavy atom. The molecule has 5 saturated carbocycles. The van der Waals surface area contributed by atoms with E-state index in [2.05, 4.69) is 55.4 Å². The molecule has 32 heavy (non-hydrogen) atoms. The summed E-state index contributed by atoms with van der Waals surface area (Å²) < 4.78 is 0. The van der Waals surface area contributed by atoms with Crippen LogP contribution in [0.15, 0.2) is 0 Å². The highest BCUT2D eigenvalue weighted by Gasteiger charge is 2.71. The van der Waals surface area contributed by atoms with Crippen molar-refractivity contribution in [2.75, 3.05) is 0 Å². The highest BCUT2D eigenvalue weighted by molar-refractivity contribution is 5.20. The first-order chi connectivity index (χ1) is 14.6. The Kier molecular flexibility index (Phi) is 5.01. The third-order valence-corrected chi connectivity index (χ3v) is 13.9. The molecule has 0 aromatic rings. The Bertz CT molecular complexity index is 775. The van der Waals surface area contributed by atoms with Crippen molar-refractivity contribution in [2.45, 2.75) is 132 Å². The molecule has 5 aliphatic rings. The van der Waals surface area contributed by atoms with Gasteiger partial charge in [0.2, 0.25) is 0 Å². The summed E-state index contributed by atoms with van der Waals surface area (Å²) in [5.74, 6) is 2.12. The van der Waals surface area contributed by atoms with Crippen molar-refractivity contribution in [2.24, 2.45) is 56.2 Å². The first-order valence-electron chi connectivity index (χ1n) is 14.0. The minimum atomic E-state index is -0.352. The SMILES string of the molecule is C[C@H]1[C@@H](O)C[C@@H](O)[C@@H]2[C@]1(C)CC[C@H]1[C@@]2(C)CC[C@@]2(C)[C@@H]3CC(C)(C)CC[C@]3(C)CC[C@]12C. The first kappa shape index (κ1) is 23.7. The molecular weight excluding hydrogens is 392 g/mol. The standard InChI is InChI=1S/C30H52O2/c1-19-20(31)17-21(32)24-27(19,5)10-9-22-28(24,6)14-16-30(8)23-18-25(2,3)11-12-26(23,4)13-15-29(22,30)7/h19-24,31-32H,9-18H2,1-8H3/t19-,20-,21+,22-,23+,24+,26+,27+,28+,29+,30-/m0/s1. The van der Waals surface area contributed by atoms with Crippen LogP contribution in [0.1, 0.15) is 120 Å². The smallest absolute Gasteiger partial charge is 0.0603 e. The lowest BCUT2D eigenvalue weighted by molar-refractivity contribution is -0.278. The minimum Gasteiger partial charge on any atom is -0.393 e. The normalized spacial score (nSPS) is 61.7. The fourth-order valence-electron chi connectivity index (χ4n) is 11.5. The Labute approximate surface area is 198 Å². The van der Waals surface area contributed by atoms with Crippen LogP contribution >= 0.6 is 0 Å². The van der Waals surface area contributed by atoms with Crippen LogP contribution in [0.4, 0.5) is 0 Å². The van der Waals surface area contributed by atoms with Crippen LogP contribution in [0.3, 0.4) is 0 Å². The number of rotatable bonds is 0. The molecule has 0 saturated heterocycles. The van der Waals surface area contributed by atoms with Crippen LogP contribution in [0, 0.1) is 56.2 Å². The lowest BCUT2D eigenvalue weighted by Crippen LogP contribution is -2.69. The van der Waals surface area contributed by atoms with Gasteiger partial charge in [-0.05, 0) is 120 Å². The van der Waals surface area contributed by atoms with Crippen molar-refractivity contribution in [3.63, 3.8) is 0 Å². The summed E-state index contributed by atoms with van der Waals surface area (Å²) in [6.07, 6.45) is 11.9. The molecule has 0 amide bonds. The second-order valence-electron chi connectivity index (χ2n) is 15.6. The summed E-state index contributed by atoms with van der Waals surface area (Å²) in [7, 11) is 0. The van der Waals surface area contributed by atoms with E-state index in [4.69, 9.17) is 0 Å². The zero-order valence-corrected chi connectivity index (χ0v) is 22.4. The van der Waals surface area contributed by atoms with Gasteiger partial charge in [-0.3, -0.25) is 0 Å². The average Bonchev–Trinajstić information content (AvgIpc) is 2.69. The maximum atomic E-state index is 11.4. The molecule has 0 aromatic carbocycles. The molecule has 0 spiro atoms. The summed E-state index contributed by atoms with van der Waals surface area (Å²) in [6, 6.07) is 0. The van der Waals surface area contributed by atoms with Crippen LogP contribution in [-0.2, 0) is 0 Å². The highest BCUT2D eigenvalue weighted by Crippen LogP contribution is 2.78. The fourth-order valence-corrected chi connectivity index (χ4v) is 11.5. The van der Waals surface area contributed by atoms with E-state index in [0.717, 1.165) is 5.92 Å². The van der Waals surface area contributed by atoms with E-state index < -0.39 is 0 Å². The van der Waals surface area contributed by atoms with E-state index in [1.165, 1.54) is 57.8 Å². The highest BCUT2D eigenvalue weighted by atomic mass is 16.3. The number of hydrogen-bond acceptors (Lipinski definition) is 2. The van der Waals surface area contributed by atoms with Gasteiger partial charge in [0, 0.05) is 0 Å². The van der Waals surface area contributed by atoms with Gasteiger partial charge in [-0.25, -0.2) is 0 Å². The number of fused-ring (bicyclic) bond motifs is 7. The van der Waals surface area contributed by atoms with Gasteiger partial charge >= 0.3 is 0 Å². The molecule has 11 atom stereocenters. The van der Waals surface area contributed by atoms with Gasteiger partial charge in [0.15, 0.2) is 0 Å². The van der Waals surface area contributed by atoms with Crippen LogP contribution < -0.4 is 0 Å². The molecule has 5 fully saturated rings. The molecule has 0 unspecified atom stereocenters. The van der Waals surface area contributed by atoms with E-state index in [1.807, 2.05) is 0 Å². The lowest BCUT2D eigenvalue weighted by Gasteiger charge is -2.75. The monoisotopic (exact) mass is 444 g/mol. The van der Waals surface area contributed by atoms with Crippen molar-refractivity contribution in [1.82, 2.24) is 0 Å². The molecule has 5 aliphatic carbocycles. The van der Waals surface area contributed by atoms with Crippen molar-refractivity contribution >= 4 is 0 Å². The Morgan fingerprint density at radius 2 is 1.22 bits per heavy atom. The predicted molar refractivity (Wildman–Crippen MR) is 132 cm³/mol. The van der Waals surface area contributed by atoms with E-state index in [9.17, 15) is 10.2 Å². The van der Waals surface area contributed by atoms with Crippen LogP contribution in [0.2, 0.25) is 0 Å². The summed E-state index contributed by atoms with van der Waals surface area (Å²) in [5, 5.41) is 22.2. The number of hydrogen-bond donors (Lipinski definition) is 2. The van der Waals surface area contributed by atoms with Gasteiger partial charge in [0.1, 0.15) is 0 Å². The lowest BCUT2D eigenvalue weighted by atomic mass is 9.30. The molecule has 2 heteroatoms. The van der Waals surface area contributed by atoms with Crippen LogP contribution in [0.25, 0.3) is 0 Å². The summed E-state index contributed by atoms with van der Waals surface area (Å²) >= 11 is 0. The topological polar surface area (TPSA) is 40.5 Å². The molecule has 0 bridgehead atoms. The van der Waals surface area contributed by atoms with Gasteiger partial charge in [-0.1, -0.05) is 55.4 Å². The second-order valence-corrected chi connectivity index (χ2v) is 15.6. The maximum Gasteiger partial charge on any atom is 0.0603 e. The Hall–Kier alpha value is -0.0800. The number of aliphatic hydroxyl groups excluding tert-OH is 2. The molecule has 5 rings (SSSR count). The van der Waals surface area contributed by atoms with Crippen LogP contribution in [0.5, 0.6) is 0 Å². The van der Waals surface area contributed by atoms with E-state index in [-0.39, 0.29) is 29.0 Å². The Balaban J connectivity index is 1.56. The molecule has 184 valence electrons. The summed E-state index contributed by atoms with van der Waals surface area (Å²) in [4.78, 5) is 0. The maximum absolute atomic E-state index is 11.4. The third kappa shape index (κ3) is 2.78. The van der Waals surface area contributed by atoms with E-state index in [0.29, 0.717) is 39.9 Å². The third-order valence-electron chi connectivity index (χ3n) is 13.9. The molecule has 2 nitrogen and oxygen atoms in total. The van der Waals surface area contributed by atoms with E-state index >= 15 is 0 Å². The number of aliphatic hydroxyl groups is 2. The molecule has 0 aromatic heterocycles. The largest absolute Gasteiger partial charge is 0.393 e. The van der Waals surface area contributed by atoms with Gasteiger partial charge in [-0.2, -0.15) is 0 Å². The molecule has 0 radical (unpaired) electrons. The van der Waals surface area contributed by atoms with Gasteiger partial charge in [0.25, 0.3) is 0 Å². The fraction of sp³-hybridized carbons (Fsp3) is 1.00. The minimum absolute atomic E-state index is 0.0580. The summed E-state index contributed by atoms with van der Waals surface area (Å²) in [6.45, 7) is 20.3. The molecular formula is C30H52O2. The van der Waals surface area contributed by atoms with Crippen LogP contribution in [-0.4, -0.2) is 22.4 Å². The van der Waals surface area contributed by atoms with Crippen molar-refractivity contribution in [3.8, 4) is 0 Å². The Morgan fingerprint density at radius 3 is 1.91 bits per heavy atom. The van der Waals surface area contributed by atoms with Gasteiger partial charge in [-0.15, -0.1) is 0 Å². The van der Waals surface area contributed by atoms with Gasteiger partial charge < -0.3 is 10.2 Å². The molecule has 0 heterocycles. The van der Waals surface area contributed by atoms with Crippen molar-refractivity contribution in [3.05, 3.63) is 0 Å². The zero-order valence-electron chi connectivity index (χ0n) is 22.4.